The Balaban J connectivity index is 0.000000129. The molecule has 12 rings (SSSR count). The number of esters is 4. The summed E-state index contributed by atoms with van der Waals surface area (Å²) in [6.45, 7) is 2.25. The van der Waals surface area contributed by atoms with Gasteiger partial charge in [0, 0.05) is 35.3 Å². The van der Waals surface area contributed by atoms with Gasteiger partial charge in [0.2, 0.25) is 0 Å². The number of pyridine rings is 3. The molecule has 3 saturated carbocycles. The summed E-state index contributed by atoms with van der Waals surface area (Å²) in [6.07, 6.45) is 24.5. The fourth-order valence-corrected chi connectivity index (χ4v) is 11.4. The summed E-state index contributed by atoms with van der Waals surface area (Å²) in [5.41, 5.74) is 7.21. The smallest absolute Gasteiger partial charge is 0.344 e. The lowest BCUT2D eigenvalue weighted by atomic mass is 9.94. The van der Waals surface area contributed by atoms with Crippen LogP contribution in [0.5, 0.6) is 0 Å². The van der Waals surface area contributed by atoms with Crippen molar-refractivity contribution in [1.29, 1.82) is 0 Å². The zero-order valence-corrected chi connectivity index (χ0v) is 41.9. The van der Waals surface area contributed by atoms with Crippen molar-refractivity contribution in [3.63, 3.8) is 0 Å². The Morgan fingerprint density at radius 2 is 1.00 bits per heavy atom. The number of fused-ring (bicyclic) bond motifs is 6. The predicted octanol–water partition coefficient (Wildman–Crippen LogP) is 12.1. The van der Waals surface area contributed by atoms with Gasteiger partial charge in [-0.05, 0) is 146 Å². The van der Waals surface area contributed by atoms with Crippen molar-refractivity contribution in [3.05, 3.63) is 198 Å². The van der Waals surface area contributed by atoms with Crippen LogP contribution < -0.4 is 0 Å². The second kappa shape index (κ2) is 23.6. The van der Waals surface area contributed by atoms with Crippen LogP contribution in [0.2, 0.25) is 0 Å². The molecule has 0 saturated heterocycles. The maximum atomic E-state index is 15.0. The minimum absolute atomic E-state index is 0.0156. The van der Waals surface area contributed by atoms with Crippen LogP contribution in [0, 0.1) is 66.0 Å². The quantitative estimate of drug-likeness (QED) is 0.0584. The van der Waals surface area contributed by atoms with Crippen LogP contribution in [0.15, 0.2) is 170 Å². The van der Waals surface area contributed by atoms with Gasteiger partial charge in [-0.1, -0.05) is 109 Å². The SMILES string of the molecule is Cc1ccc(-c2ccccn2)c(F)c1C(=O)OCC1CC2C=CC1C2.O=C(COC(=O)C1CC2C=CC1C2)OCc1ccc(-c2ccccn2)cc1.O=C(OCc1ccc(-c2ccccn2)cc1)C1CC2C=CC1C2. The fraction of sp³-hybridized carbons (Fsp3) is 0.317. The predicted molar refractivity (Wildman–Crippen MR) is 281 cm³/mol. The zero-order chi connectivity index (χ0) is 51.7. The molecule has 12 heteroatoms. The molecule has 0 N–H and O–H groups in total. The van der Waals surface area contributed by atoms with Gasteiger partial charge >= 0.3 is 23.9 Å². The highest BCUT2D eigenvalue weighted by Crippen LogP contribution is 2.46. The van der Waals surface area contributed by atoms with Gasteiger partial charge in [-0.2, -0.15) is 0 Å². The number of aryl methyl sites for hydroxylation is 1. The summed E-state index contributed by atoms with van der Waals surface area (Å²) in [4.78, 5) is 61.6. The van der Waals surface area contributed by atoms with Crippen molar-refractivity contribution in [3.8, 4) is 33.8 Å². The number of carbonyl (C=O) groups is 4. The normalized spacial score (nSPS) is 23.7. The van der Waals surface area contributed by atoms with Crippen molar-refractivity contribution >= 4 is 23.9 Å². The van der Waals surface area contributed by atoms with Crippen molar-refractivity contribution in [2.45, 2.75) is 58.7 Å². The summed E-state index contributed by atoms with van der Waals surface area (Å²) in [6, 6.07) is 36.0. The van der Waals surface area contributed by atoms with Crippen molar-refractivity contribution in [2.24, 2.45) is 53.3 Å². The van der Waals surface area contributed by atoms with E-state index in [1.165, 1.54) is 0 Å². The Hall–Kier alpha value is -7.86. The average Bonchev–Trinajstić information content (AvgIpc) is 4.36. The van der Waals surface area contributed by atoms with Crippen LogP contribution in [-0.4, -0.2) is 52.0 Å². The lowest BCUT2D eigenvalue weighted by Gasteiger charge is -2.18. The Kier molecular flexibility index (Phi) is 15.9. The number of benzene rings is 3. The summed E-state index contributed by atoms with van der Waals surface area (Å²) in [5.74, 6) is 1.21. The van der Waals surface area contributed by atoms with E-state index < -0.39 is 17.8 Å². The van der Waals surface area contributed by atoms with E-state index in [1.807, 2.05) is 84.9 Å². The Bertz CT molecular complexity index is 3060. The molecule has 6 aliphatic rings. The third kappa shape index (κ3) is 12.4. The molecular formula is C63H60FN3O8. The second-order valence-electron chi connectivity index (χ2n) is 20.4. The number of carbonyl (C=O) groups excluding carboxylic acids is 4. The first kappa shape index (κ1) is 50.7. The summed E-state index contributed by atoms with van der Waals surface area (Å²) in [5, 5.41) is 0. The van der Waals surface area contributed by atoms with E-state index in [2.05, 4.69) is 51.4 Å². The van der Waals surface area contributed by atoms with Crippen molar-refractivity contribution in [2.75, 3.05) is 13.2 Å². The number of halogens is 1. The van der Waals surface area contributed by atoms with Gasteiger partial charge in [0.15, 0.2) is 6.61 Å². The topological polar surface area (TPSA) is 144 Å². The lowest BCUT2D eigenvalue weighted by Crippen LogP contribution is -2.25. The van der Waals surface area contributed by atoms with Gasteiger partial charge in [0.25, 0.3) is 0 Å². The number of allylic oxidation sites excluding steroid dienone is 6. The van der Waals surface area contributed by atoms with Crippen LogP contribution in [0.3, 0.4) is 0 Å². The second-order valence-corrected chi connectivity index (χ2v) is 20.4. The van der Waals surface area contributed by atoms with E-state index in [1.54, 1.807) is 55.8 Å². The van der Waals surface area contributed by atoms with Gasteiger partial charge in [0.05, 0.1) is 41.1 Å². The third-order valence-electron chi connectivity index (χ3n) is 15.4. The molecule has 0 aliphatic heterocycles. The summed E-state index contributed by atoms with van der Waals surface area (Å²) in [7, 11) is 0. The molecule has 382 valence electrons. The Morgan fingerprint density at radius 1 is 0.507 bits per heavy atom. The molecule has 9 atom stereocenters. The molecular weight excluding hydrogens is 946 g/mol. The van der Waals surface area contributed by atoms with Crippen LogP contribution in [0.25, 0.3) is 33.8 Å². The van der Waals surface area contributed by atoms with Gasteiger partial charge in [-0.25, -0.2) is 14.0 Å². The van der Waals surface area contributed by atoms with E-state index in [4.69, 9.17) is 18.9 Å². The first-order valence-corrected chi connectivity index (χ1v) is 26.0. The standard InChI is InChI=1S/C22H21NO4.C21H20FNO2.C20H19NO2/c24-21(14-27-22(25)19-12-16-6-9-18(19)11-16)26-13-15-4-7-17(8-5-15)20-3-1-2-10-23-20;1-13-5-8-17(18-4-2-3-9-23-18)20(22)19(13)21(24)25-12-16-11-14-6-7-15(16)10-14;22-20(18-12-15-6-9-17(18)11-15)23-13-14-4-7-16(8-5-14)19-3-1-2-10-21-19/h1-10,16,18-19H,11-14H2;2-9,14-16H,10-12H2,1H3;1-10,15,17-18H,11-13H2. The summed E-state index contributed by atoms with van der Waals surface area (Å²) < 4.78 is 36.3. The van der Waals surface area contributed by atoms with Crippen LogP contribution in [0.1, 0.15) is 65.6 Å². The van der Waals surface area contributed by atoms with Crippen LogP contribution in [0.4, 0.5) is 4.39 Å². The van der Waals surface area contributed by atoms with E-state index >= 15 is 0 Å². The molecule has 6 aliphatic carbocycles. The number of rotatable bonds is 14. The van der Waals surface area contributed by atoms with Gasteiger partial charge in [-0.15, -0.1) is 0 Å². The Labute approximate surface area is 436 Å². The molecule has 0 radical (unpaired) electrons. The molecule has 0 spiro atoms. The molecule has 3 aromatic carbocycles. The van der Waals surface area contributed by atoms with Crippen LogP contribution >= 0.6 is 0 Å². The van der Waals surface area contributed by atoms with Gasteiger partial charge < -0.3 is 18.9 Å². The molecule has 6 aromatic rings. The zero-order valence-electron chi connectivity index (χ0n) is 41.9. The fourth-order valence-electron chi connectivity index (χ4n) is 11.4. The number of hydrogen-bond acceptors (Lipinski definition) is 11. The number of aromatic nitrogens is 3. The number of nitrogens with zero attached hydrogens (tertiary/aromatic N) is 3. The third-order valence-corrected chi connectivity index (χ3v) is 15.4. The van der Waals surface area contributed by atoms with E-state index in [0.717, 1.165) is 72.2 Å². The Morgan fingerprint density at radius 3 is 1.47 bits per heavy atom. The monoisotopic (exact) mass is 1010 g/mol. The van der Waals surface area contributed by atoms with Crippen LogP contribution in [-0.2, 0) is 46.5 Å². The maximum Gasteiger partial charge on any atom is 0.344 e. The lowest BCUT2D eigenvalue weighted by molar-refractivity contribution is -0.162. The molecule has 3 aromatic heterocycles. The first-order valence-electron chi connectivity index (χ1n) is 26.0. The van der Waals surface area contributed by atoms with E-state index in [-0.39, 0.29) is 48.5 Å². The number of ether oxygens (including phenoxy) is 4. The highest BCUT2D eigenvalue weighted by atomic mass is 19.1. The molecule has 11 nitrogen and oxygen atoms in total. The first-order chi connectivity index (χ1) is 36.6. The van der Waals surface area contributed by atoms with Crippen molar-refractivity contribution < 1.29 is 42.5 Å². The maximum absolute atomic E-state index is 15.0. The minimum atomic E-state index is -0.584. The van der Waals surface area contributed by atoms with Gasteiger partial charge in [-0.3, -0.25) is 24.5 Å². The van der Waals surface area contributed by atoms with E-state index in [9.17, 15) is 23.6 Å². The minimum Gasteiger partial charge on any atom is -0.462 e. The summed E-state index contributed by atoms with van der Waals surface area (Å²) >= 11 is 0. The average molecular weight is 1010 g/mol. The van der Waals surface area contributed by atoms with Crippen molar-refractivity contribution in [1.82, 2.24) is 15.0 Å². The highest BCUT2D eigenvalue weighted by Gasteiger charge is 2.42. The molecule has 3 heterocycles. The molecule has 0 amide bonds. The number of hydrogen-bond donors (Lipinski definition) is 0. The largest absolute Gasteiger partial charge is 0.462 e. The molecule has 3 fully saturated rings. The molecule has 6 bridgehead atoms. The van der Waals surface area contributed by atoms with Gasteiger partial charge in [0.1, 0.15) is 19.0 Å². The molecule has 9 unspecified atom stereocenters. The highest BCUT2D eigenvalue weighted by molar-refractivity contribution is 5.93. The van der Waals surface area contributed by atoms with E-state index in [0.29, 0.717) is 65.5 Å². The molecule has 75 heavy (non-hydrogen) atoms.